The third kappa shape index (κ3) is 5.57. The van der Waals surface area contributed by atoms with Gasteiger partial charge in [0.1, 0.15) is 30.0 Å². The fourth-order valence-corrected chi connectivity index (χ4v) is 5.20. The van der Waals surface area contributed by atoms with E-state index in [9.17, 15) is 19.2 Å². The van der Waals surface area contributed by atoms with Gasteiger partial charge in [0.05, 0.1) is 24.8 Å². The molecule has 2 fully saturated rings. The highest BCUT2D eigenvalue weighted by Crippen LogP contribution is 2.44. The Labute approximate surface area is 241 Å². The Morgan fingerprint density at radius 2 is 2.00 bits per heavy atom. The number of methoxy groups -OCH3 is 1. The minimum atomic E-state index is -0.916. The maximum absolute atomic E-state index is 13.3. The van der Waals surface area contributed by atoms with Crippen LogP contribution in [0.2, 0.25) is 0 Å². The van der Waals surface area contributed by atoms with Gasteiger partial charge in [0.15, 0.2) is 16.9 Å². The van der Waals surface area contributed by atoms with Gasteiger partial charge in [0.25, 0.3) is 5.56 Å². The number of Topliss-reactive ketones (excluding diaryl/α,β-unsaturated/α-hetero) is 1. The van der Waals surface area contributed by atoms with Gasteiger partial charge < -0.3 is 19.5 Å². The van der Waals surface area contributed by atoms with Crippen LogP contribution in [0, 0.1) is 11.8 Å². The highest BCUT2D eigenvalue weighted by molar-refractivity contribution is 5.94. The van der Waals surface area contributed by atoms with Crippen molar-refractivity contribution in [1.82, 2.24) is 28.6 Å². The van der Waals surface area contributed by atoms with Gasteiger partial charge in [-0.2, -0.15) is 0 Å². The number of carbonyl (C=O) groups is 2. The van der Waals surface area contributed by atoms with Crippen molar-refractivity contribution in [3.05, 3.63) is 57.3 Å². The van der Waals surface area contributed by atoms with Crippen molar-refractivity contribution < 1.29 is 14.3 Å². The van der Waals surface area contributed by atoms with E-state index >= 15 is 0 Å². The monoisotopic (exact) mass is 575 g/mol. The molecule has 1 aliphatic carbocycles. The van der Waals surface area contributed by atoms with Crippen molar-refractivity contribution in [3.63, 3.8) is 0 Å². The molecular weight excluding hydrogens is 542 g/mol. The van der Waals surface area contributed by atoms with Crippen LogP contribution in [0.4, 0.5) is 5.82 Å². The molecule has 1 N–H and O–H groups in total. The summed E-state index contributed by atoms with van der Waals surface area (Å²) in [4.78, 5) is 71.1. The number of imidazole rings is 1. The Morgan fingerprint density at radius 3 is 2.69 bits per heavy atom. The standard InChI is InChI=1S/C28H33N9O5/c1-16(37-15-31-25-24(37)27(40)36(28(41)34(25)4)13-20(38)14-42-5)26(39)33-23-8-6-7-21(32-23)22(29-3)10-30-17(2)35-11-18-9-19(18)12-35/h6-8,10,15-16,18-19H,3,9,11-14H2,1-2,4-5H3,(H,32,33,39)/b22-10-,30-17?/t16-,18?,19?/m0/s1. The molecule has 2 unspecified atom stereocenters. The summed E-state index contributed by atoms with van der Waals surface area (Å²) in [6.07, 6.45) is 4.24. The Kier molecular flexibility index (Phi) is 7.98. The second-order valence-corrected chi connectivity index (χ2v) is 10.6. The van der Waals surface area contributed by atoms with Gasteiger partial charge in [0.2, 0.25) is 5.91 Å². The van der Waals surface area contributed by atoms with Crippen molar-refractivity contribution in [2.75, 3.05) is 32.1 Å². The normalized spacial score (nSPS) is 19.1. The molecule has 0 bridgehead atoms. The molecule has 42 heavy (non-hydrogen) atoms. The Balaban J connectivity index is 1.37. The molecule has 1 amide bonds. The summed E-state index contributed by atoms with van der Waals surface area (Å²) < 4.78 is 8.15. The highest BCUT2D eigenvalue weighted by Gasteiger charge is 2.45. The molecule has 220 valence electrons. The van der Waals surface area contributed by atoms with Gasteiger partial charge in [0, 0.05) is 27.2 Å². The quantitative estimate of drug-likeness (QED) is 0.278. The van der Waals surface area contributed by atoms with Crippen LogP contribution in [0.25, 0.3) is 16.9 Å². The lowest BCUT2D eigenvalue weighted by molar-refractivity contribution is -0.123. The van der Waals surface area contributed by atoms with Crippen LogP contribution in [0.5, 0.6) is 0 Å². The molecule has 0 spiro atoms. The number of aryl methyl sites for hydroxylation is 1. The van der Waals surface area contributed by atoms with E-state index in [0.717, 1.165) is 39.9 Å². The lowest BCUT2D eigenvalue weighted by Gasteiger charge is -2.18. The smallest absolute Gasteiger partial charge is 0.332 e. The number of ketones is 1. The number of piperidine rings is 1. The number of amidine groups is 1. The third-order valence-corrected chi connectivity index (χ3v) is 7.74. The maximum atomic E-state index is 13.3. The summed E-state index contributed by atoms with van der Waals surface area (Å²) in [7, 11) is 2.79. The molecule has 2 aliphatic rings. The van der Waals surface area contributed by atoms with Crippen LogP contribution in [-0.2, 0) is 27.9 Å². The summed E-state index contributed by atoms with van der Waals surface area (Å²) in [6, 6.07) is 4.18. The number of hydrogen-bond acceptors (Lipinski definition) is 9. The first kappa shape index (κ1) is 28.8. The van der Waals surface area contributed by atoms with E-state index in [0.29, 0.717) is 11.4 Å². The van der Waals surface area contributed by atoms with Gasteiger partial charge in [-0.25, -0.2) is 19.8 Å². The molecule has 5 rings (SSSR count). The van der Waals surface area contributed by atoms with E-state index in [1.165, 1.54) is 31.5 Å². The van der Waals surface area contributed by atoms with Crippen LogP contribution >= 0.6 is 0 Å². The molecule has 14 nitrogen and oxygen atoms in total. The zero-order valence-corrected chi connectivity index (χ0v) is 24.0. The van der Waals surface area contributed by atoms with Gasteiger partial charge in [-0.15, -0.1) is 0 Å². The van der Waals surface area contributed by atoms with E-state index in [1.807, 2.05) is 6.92 Å². The number of rotatable bonds is 10. The van der Waals surface area contributed by atoms with E-state index in [1.54, 1.807) is 31.3 Å². The topological polar surface area (TPSA) is 158 Å². The van der Waals surface area contributed by atoms with Crippen LogP contribution in [0.15, 0.2) is 50.3 Å². The predicted molar refractivity (Wildman–Crippen MR) is 157 cm³/mol. The number of ether oxygens (including phenoxy) is 1. The number of likely N-dealkylation sites (tertiary alicyclic amines) is 1. The lowest BCUT2D eigenvalue weighted by Crippen LogP contribution is -2.42. The second-order valence-electron chi connectivity index (χ2n) is 10.6. The number of aliphatic imine (C=N–C) groups is 2. The molecule has 1 aliphatic heterocycles. The van der Waals surface area contributed by atoms with Crippen molar-refractivity contribution in [2.24, 2.45) is 28.9 Å². The SMILES string of the molecule is C=N/C(=C\N=C(C)N1CC2CC2C1)c1cccc(NC(=O)[C@H](C)n2cnc3c2c(=O)n(CC(=O)COC)c(=O)n3C)n1. The Bertz CT molecular complexity index is 1740. The molecule has 4 heterocycles. The fourth-order valence-electron chi connectivity index (χ4n) is 5.20. The first-order valence-electron chi connectivity index (χ1n) is 13.5. The van der Waals surface area contributed by atoms with Crippen LogP contribution in [0.1, 0.15) is 32.0 Å². The minimum absolute atomic E-state index is 0.0105. The lowest BCUT2D eigenvalue weighted by atomic mass is 10.2. The number of fused-ring (bicyclic) bond motifs is 2. The number of nitrogens with zero attached hydrogens (tertiary/aromatic N) is 8. The molecule has 1 saturated heterocycles. The number of hydrogen-bond donors (Lipinski definition) is 1. The van der Waals surface area contributed by atoms with Gasteiger partial charge >= 0.3 is 5.69 Å². The first-order chi connectivity index (χ1) is 20.1. The van der Waals surface area contributed by atoms with Crippen molar-refractivity contribution in [2.45, 2.75) is 32.9 Å². The van der Waals surface area contributed by atoms with E-state index < -0.39 is 35.5 Å². The summed E-state index contributed by atoms with van der Waals surface area (Å²) in [5, 5.41) is 2.76. The molecule has 3 atom stereocenters. The number of amides is 1. The average Bonchev–Trinajstić information content (AvgIpc) is 3.35. The number of nitrogens with one attached hydrogen (secondary N) is 1. The Hall–Kier alpha value is -4.72. The number of pyridine rings is 1. The zero-order valence-electron chi connectivity index (χ0n) is 24.0. The summed E-state index contributed by atoms with van der Waals surface area (Å²) >= 11 is 0. The largest absolute Gasteiger partial charge is 0.377 e. The van der Waals surface area contributed by atoms with Crippen LogP contribution < -0.4 is 16.6 Å². The highest BCUT2D eigenvalue weighted by atomic mass is 16.5. The van der Waals surface area contributed by atoms with Crippen molar-refractivity contribution in [1.29, 1.82) is 0 Å². The molecule has 14 heteroatoms. The van der Waals surface area contributed by atoms with Crippen molar-refractivity contribution in [3.8, 4) is 0 Å². The van der Waals surface area contributed by atoms with Crippen molar-refractivity contribution >= 4 is 46.9 Å². The number of anilines is 1. The predicted octanol–water partition coefficient (Wildman–Crippen LogP) is 1.08. The number of aromatic nitrogens is 5. The minimum Gasteiger partial charge on any atom is -0.377 e. The number of carbonyl (C=O) groups excluding carboxylic acids is 2. The molecule has 3 aromatic heterocycles. The van der Waals surface area contributed by atoms with Gasteiger partial charge in [-0.05, 0) is 51.0 Å². The maximum Gasteiger partial charge on any atom is 0.332 e. The second kappa shape index (κ2) is 11.6. The van der Waals surface area contributed by atoms with E-state index in [-0.39, 0.29) is 23.6 Å². The fraction of sp³-hybridized carbons (Fsp3) is 0.429. The van der Waals surface area contributed by atoms with E-state index in [2.05, 4.69) is 36.9 Å². The van der Waals surface area contributed by atoms with E-state index in [4.69, 9.17) is 4.74 Å². The average molecular weight is 576 g/mol. The summed E-state index contributed by atoms with van der Waals surface area (Å²) in [6.45, 7) is 8.55. The Morgan fingerprint density at radius 1 is 1.26 bits per heavy atom. The molecular formula is C28H33N9O5. The van der Waals surface area contributed by atoms with Gasteiger partial charge in [-0.3, -0.25) is 28.5 Å². The van der Waals surface area contributed by atoms with Crippen LogP contribution in [0.3, 0.4) is 0 Å². The first-order valence-corrected chi connectivity index (χ1v) is 13.5. The molecule has 0 aromatic carbocycles. The van der Waals surface area contributed by atoms with Crippen LogP contribution in [-0.4, -0.2) is 79.6 Å². The van der Waals surface area contributed by atoms with Gasteiger partial charge in [-0.1, -0.05) is 6.07 Å². The third-order valence-electron chi connectivity index (χ3n) is 7.74. The summed E-state index contributed by atoms with van der Waals surface area (Å²) in [5.41, 5.74) is -0.402. The molecule has 3 aromatic rings. The molecule has 1 saturated carbocycles. The zero-order chi connectivity index (χ0) is 30.1. The summed E-state index contributed by atoms with van der Waals surface area (Å²) in [5.74, 6) is 1.83. The molecule has 0 radical (unpaired) electrons.